The summed E-state index contributed by atoms with van der Waals surface area (Å²) in [5.74, 6) is -1.31. The number of nitrogens with zero attached hydrogens (tertiary/aromatic N) is 4. The number of esters is 2. The van der Waals surface area contributed by atoms with Gasteiger partial charge in [-0.3, -0.25) is 14.3 Å². The molecule has 0 saturated carbocycles. The fourth-order valence-corrected chi connectivity index (χ4v) is 3.73. The number of carbonyl (C=O) groups excluding carboxylic acids is 2. The summed E-state index contributed by atoms with van der Waals surface area (Å²) in [4.78, 5) is 42.2. The van der Waals surface area contributed by atoms with E-state index >= 15 is 0 Å². The van der Waals surface area contributed by atoms with Crippen molar-refractivity contribution in [1.29, 1.82) is 5.26 Å². The van der Waals surface area contributed by atoms with Crippen molar-refractivity contribution in [3.05, 3.63) is 74.9 Å². The summed E-state index contributed by atoms with van der Waals surface area (Å²) in [6.07, 6.45) is 3.13. The number of H-pyrrole nitrogens is 1. The molecule has 4 aromatic rings. The van der Waals surface area contributed by atoms with Crippen molar-refractivity contribution in [3.8, 4) is 11.8 Å². The standard InChI is InChI=1S/C20H15N5O5S/c1-29-19(28)16-14(17(26)25(23-16)13-4-2-12(10-21)3-5-13)6-8-30-18(27)15-11-22-20-24(15)7-9-31-20/h2-5,7,9,11,23H,6,8H2,1H3. The molecule has 4 rings (SSSR count). The van der Waals surface area contributed by atoms with Gasteiger partial charge in [0, 0.05) is 18.0 Å². The van der Waals surface area contributed by atoms with Crippen LogP contribution in [0.2, 0.25) is 0 Å². The lowest BCUT2D eigenvalue weighted by Gasteiger charge is -2.03. The van der Waals surface area contributed by atoms with Crippen LogP contribution in [0.5, 0.6) is 0 Å². The predicted molar refractivity (Wildman–Crippen MR) is 109 cm³/mol. The number of methoxy groups -OCH3 is 1. The van der Waals surface area contributed by atoms with Crippen molar-refractivity contribution in [2.75, 3.05) is 13.7 Å². The van der Waals surface area contributed by atoms with Gasteiger partial charge in [0.25, 0.3) is 5.56 Å². The summed E-state index contributed by atoms with van der Waals surface area (Å²) < 4.78 is 12.8. The van der Waals surface area contributed by atoms with Gasteiger partial charge in [0.15, 0.2) is 10.7 Å². The van der Waals surface area contributed by atoms with Gasteiger partial charge in [-0.05, 0) is 24.3 Å². The fraction of sp³-hybridized carbons (Fsp3) is 0.150. The van der Waals surface area contributed by atoms with Crippen LogP contribution in [0.15, 0.2) is 46.8 Å². The Balaban J connectivity index is 1.56. The molecule has 0 bridgehead atoms. The number of ether oxygens (including phenoxy) is 2. The molecule has 0 atom stereocenters. The molecule has 3 aromatic heterocycles. The SMILES string of the molecule is COC(=O)c1[nH]n(-c2ccc(C#N)cc2)c(=O)c1CCOC(=O)c1cnc2sccn12. The number of benzene rings is 1. The Labute approximate surface area is 178 Å². The Morgan fingerprint density at radius 3 is 2.74 bits per heavy atom. The van der Waals surface area contributed by atoms with Gasteiger partial charge in [-0.25, -0.2) is 19.3 Å². The van der Waals surface area contributed by atoms with Gasteiger partial charge in [-0.2, -0.15) is 5.26 Å². The van der Waals surface area contributed by atoms with Gasteiger partial charge in [0.2, 0.25) is 0 Å². The average Bonchev–Trinajstić information content (AvgIpc) is 3.48. The zero-order valence-corrected chi connectivity index (χ0v) is 17.0. The molecular formula is C20H15N5O5S. The van der Waals surface area contributed by atoms with Crippen LogP contribution in [0, 0.1) is 11.3 Å². The lowest BCUT2D eigenvalue weighted by molar-refractivity contribution is 0.0500. The molecule has 0 aliphatic carbocycles. The molecule has 0 fully saturated rings. The van der Waals surface area contributed by atoms with Crippen LogP contribution in [0.1, 0.15) is 32.1 Å². The van der Waals surface area contributed by atoms with Gasteiger partial charge >= 0.3 is 11.9 Å². The number of hydrogen-bond acceptors (Lipinski definition) is 8. The molecule has 11 heteroatoms. The minimum Gasteiger partial charge on any atom is -0.464 e. The van der Waals surface area contributed by atoms with E-state index in [4.69, 9.17) is 14.7 Å². The minimum absolute atomic E-state index is 0.000366. The van der Waals surface area contributed by atoms with Gasteiger partial charge < -0.3 is 9.47 Å². The highest BCUT2D eigenvalue weighted by Gasteiger charge is 2.22. The highest BCUT2D eigenvalue weighted by molar-refractivity contribution is 7.15. The van der Waals surface area contributed by atoms with Crippen molar-refractivity contribution in [3.63, 3.8) is 0 Å². The third-order valence-corrected chi connectivity index (χ3v) is 5.34. The summed E-state index contributed by atoms with van der Waals surface area (Å²) >= 11 is 1.39. The van der Waals surface area contributed by atoms with Crippen molar-refractivity contribution >= 4 is 28.2 Å². The first-order valence-corrected chi connectivity index (χ1v) is 9.92. The Morgan fingerprint density at radius 1 is 1.26 bits per heavy atom. The number of fused-ring (bicyclic) bond motifs is 1. The number of nitriles is 1. The normalized spacial score (nSPS) is 10.7. The maximum absolute atomic E-state index is 12.9. The second-order valence-electron chi connectivity index (χ2n) is 6.34. The lowest BCUT2D eigenvalue weighted by Crippen LogP contribution is -2.19. The molecule has 0 radical (unpaired) electrons. The average molecular weight is 437 g/mol. The first-order chi connectivity index (χ1) is 15.0. The van der Waals surface area contributed by atoms with E-state index in [0.29, 0.717) is 16.2 Å². The molecule has 0 aliphatic heterocycles. The Bertz CT molecular complexity index is 1370. The van der Waals surface area contributed by atoms with E-state index in [1.165, 1.54) is 29.3 Å². The Hall–Kier alpha value is -4.17. The summed E-state index contributed by atoms with van der Waals surface area (Å²) in [7, 11) is 1.20. The van der Waals surface area contributed by atoms with E-state index in [0.717, 1.165) is 0 Å². The number of imidazole rings is 1. The molecule has 156 valence electrons. The third-order valence-electron chi connectivity index (χ3n) is 4.57. The molecule has 0 unspecified atom stereocenters. The number of aromatic nitrogens is 4. The molecule has 0 spiro atoms. The molecule has 31 heavy (non-hydrogen) atoms. The summed E-state index contributed by atoms with van der Waals surface area (Å²) in [6.45, 7) is -0.124. The first kappa shape index (κ1) is 20.1. The number of aromatic amines is 1. The topological polar surface area (TPSA) is 131 Å². The molecule has 0 aliphatic rings. The van der Waals surface area contributed by atoms with E-state index in [9.17, 15) is 14.4 Å². The van der Waals surface area contributed by atoms with Gasteiger partial charge in [-0.15, -0.1) is 11.3 Å². The van der Waals surface area contributed by atoms with Crippen LogP contribution >= 0.6 is 11.3 Å². The largest absolute Gasteiger partial charge is 0.464 e. The Morgan fingerprint density at radius 2 is 2.03 bits per heavy atom. The maximum Gasteiger partial charge on any atom is 0.357 e. The second-order valence-corrected chi connectivity index (χ2v) is 7.21. The molecule has 1 N–H and O–H groups in total. The van der Waals surface area contributed by atoms with Gasteiger partial charge in [0.1, 0.15) is 5.69 Å². The summed E-state index contributed by atoms with van der Waals surface area (Å²) in [5, 5.41) is 13.5. The van der Waals surface area contributed by atoms with Crippen molar-refractivity contribution < 1.29 is 19.1 Å². The minimum atomic E-state index is -0.721. The van der Waals surface area contributed by atoms with Crippen LogP contribution in [-0.4, -0.2) is 44.8 Å². The molecular weight excluding hydrogens is 422 g/mol. The monoisotopic (exact) mass is 437 g/mol. The van der Waals surface area contributed by atoms with Gasteiger partial charge in [-0.1, -0.05) is 0 Å². The van der Waals surface area contributed by atoms with Crippen molar-refractivity contribution in [2.24, 2.45) is 0 Å². The summed E-state index contributed by atoms with van der Waals surface area (Å²) in [5.41, 5.74) is 0.759. The smallest absolute Gasteiger partial charge is 0.357 e. The zero-order chi connectivity index (χ0) is 22.0. The second kappa shape index (κ2) is 8.29. The quantitative estimate of drug-likeness (QED) is 0.456. The van der Waals surface area contributed by atoms with Crippen molar-refractivity contribution in [2.45, 2.75) is 6.42 Å². The highest BCUT2D eigenvalue weighted by Crippen LogP contribution is 2.14. The van der Waals surface area contributed by atoms with E-state index in [1.54, 1.807) is 40.2 Å². The molecule has 1 aromatic carbocycles. The highest BCUT2D eigenvalue weighted by atomic mass is 32.1. The zero-order valence-electron chi connectivity index (χ0n) is 16.2. The van der Waals surface area contributed by atoms with E-state index in [2.05, 4.69) is 10.1 Å². The van der Waals surface area contributed by atoms with Crippen LogP contribution in [-0.2, 0) is 15.9 Å². The Kier molecular flexibility index (Phi) is 5.38. The molecule has 0 saturated heterocycles. The number of rotatable bonds is 6. The molecule has 3 heterocycles. The van der Waals surface area contributed by atoms with Crippen LogP contribution in [0.3, 0.4) is 0 Å². The number of nitrogens with one attached hydrogen (secondary N) is 1. The van der Waals surface area contributed by atoms with Crippen LogP contribution in [0.4, 0.5) is 0 Å². The maximum atomic E-state index is 12.9. The van der Waals surface area contributed by atoms with E-state index in [-0.39, 0.29) is 30.0 Å². The molecule has 10 nitrogen and oxygen atoms in total. The van der Waals surface area contributed by atoms with Crippen LogP contribution < -0.4 is 5.56 Å². The number of hydrogen-bond donors (Lipinski definition) is 1. The van der Waals surface area contributed by atoms with Crippen molar-refractivity contribution in [1.82, 2.24) is 19.2 Å². The molecule has 0 amide bonds. The van der Waals surface area contributed by atoms with E-state index < -0.39 is 17.5 Å². The van der Waals surface area contributed by atoms with E-state index in [1.807, 2.05) is 6.07 Å². The lowest BCUT2D eigenvalue weighted by atomic mass is 10.2. The fourth-order valence-electron chi connectivity index (χ4n) is 3.04. The van der Waals surface area contributed by atoms with Crippen LogP contribution in [0.25, 0.3) is 10.6 Å². The third kappa shape index (κ3) is 3.72. The predicted octanol–water partition coefficient (Wildman–Crippen LogP) is 1.93. The summed E-state index contributed by atoms with van der Waals surface area (Å²) in [6, 6.07) is 8.26. The first-order valence-electron chi connectivity index (χ1n) is 9.04. The number of carbonyl (C=O) groups is 2. The van der Waals surface area contributed by atoms with Gasteiger partial charge in [0.05, 0.1) is 42.8 Å². The number of thiazole rings is 1.